The normalized spacial score (nSPS) is 12.7. The highest BCUT2D eigenvalue weighted by Crippen LogP contribution is 2.46. The first-order chi connectivity index (χ1) is 38.5. The molecule has 0 aliphatic carbocycles. The topological polar surface area (TPSA) is 193 Å². The summed E-state index contributed by atoms with van der Waals surface area (Å²) in [6.07, 6.45) is 1.53. The Morgan fingerprint density at radius 2 is 1.58 bits per heavy atom. The maximum absolute atomic E-state index is 14.6. The second kappa shape index (κ2) is 25.2. The third-order valence-corrected chi connectivity index (χ3v) is 20.4. The molecule has 8 aromatic rings. The molecular weight excluding hydrogens is 1120 g/mol. The number of nitrogens with zero attached hydrogens (tertiary/aromatic N) is 5. The van der Waals surface area contributed by atoms with Crippen molar-refractivity contribution in [3.63, 3.8) is 0 Å². The van der Waals surface area contributed by atoms with Crippen molar-refractivity contribution in [1.82, 2.24) is 24.5 Å². The molecule has 3 heterocycles. The first-order valence-electron chi connectivity index (χ1n) is 25.7. The molecule has 0 saturated carbocycles. The van der Waals surface area contributed by atoms with Crippen molar-refractivity contribution in [2.24, 2.45) is 0 Å². The smallest absolute Gasteiger partial charge is 0.345 e. The highest BCUT2D eigenvalue weighted by atomic mass is 35.5. The highest BCUT2D eigenvalue weighted by Gasteiger charge is 2.39. The van der Waals surface area contributed by atoms with Crippen LogP contribution in [0.2, 0.25) is 28.2 Å². The fourth-order valence-corrected chi connectivity index (χ4v) is 11.0. The standard InChI is InChI=1S/C60H62Cl2FN5O11SSi/c1-11-28-74-33-44(34-76-80(71,72)45-23-16-36(2)17-24-45)77-56-52(61)37(3)54(38(4)53(56)62)68-48(39-18-20-41(63)21-19-39)31-47-55(68)58(66-35-65-47)78-51(59(69)70)30-40-29-43(79-81(9,10)60(5,6)7)22-25-49(40)75-32-42-26-27-64-57(67-42)46-14-12-13-15-50(46)73-8/h11-27,29,31,35,44,51H,1,28,30,32-34H2,2-10H3,(H,69,70)/t44-,51?/m1/s1. The minimum atomic E-state index is -4.23. The van der Waals surface area contributed by atoms with Crippen molar-refractivity contribution in [2.45, 2.75) is 89.8 Å². The summed E-state index contributed by atoms with van der Waals surface area (Å²) >= 11 is 14.5. The molecule has 21 heteroatoms. The number of carboxylic acids is 1. The fourth-order valence-electron chi connectivity index (χ4n) is 8.49. The molecule has 0 spiro atoms. The molecule has 0 saturated heterocycles. The summed E-state index contributed by atoms with van der Waals surface area (Å²) in [7, 11) is -5.06. The average Bonchev–Trinajstić information content (AvgIpc) is 3.91. The summed E-state index contributed by atoms with van der Waals surface area (Å²) in [4.78, 5) is 31.9. The van der Waals surface area contributed by atoms with Gasteiger partial charge in [-0.05, 0) is 134 Å². The van der Waals surface area contributed by atoms with Crippen LogP contribution in [0.3, 0.4) is 0 Å². The number of carbonyl (C=O) groups is 1. The SMILES string of the molecule is C=CCOC[C@H](COS(=O)(=O)c1ccc(C)cc1)Oc1c(Cl)c(C)c(-n2c(-c3ccc(F)cc3)cc3ncnc(OC(Cc4cc(O[Si](C)(C)C(C)(C)C)ccc4OCc4ccnc(-c5ccccc5OC)n4)C(=O)O)c32)c(C)c1Cl. The third-order valence-electron chi connectivity index (χ3n) is 13.8. The molecule has 5 aromatic carbocycles. The summed E-state index contributed by atoms with van der Waals surface area (Å²) in [6, 6.07) is 28.2. The lowest BCUT2D eigenvalue weighted by atomic mass is 10.1. The van der Waals surface area contributed by atoms with Crippen molar-refractivity contribution in [2.75, 3.05) is 26.9 Å². The first kappa shape index (κ1) is 59.7. The molecule has 16 nitrogen and oxygen atoms in total. The van der Waals surface area contributed by atoms with E-state index in [9.17, 15) is 22.7 Å². The number of aryl methyl sites for hydroxylation is 1. The van der Waals surface area contributed by atoms with Gasteiger partial charge >= 0.3 is 5.97 Å². The van der Waals surface area contributed by atoms with Crippen molar-refractivity contribution in [3.05, 3.63) is 172 Å². The van der Waals surface area contributed by atoms with Gasteiger partial charge in [-0.1, -0.05) is 79.9 Å². The predicted octanol–water partition coefficient (Wildman–Crippen LogP) is 13.3. The maximum Gasteiger partial charge on any atom is 0.345 e. The summed E-state index contributed by atoms with van der Waals surface area (Å²) in [6.45, 7) is 19.1. The number of benzene rings is 5. The van der Waals surface area contributed by atoms with Gasteiger partial charge in [0.05, 0.1) is 63.4 Å². The van der Waals surface area contributed by atoms with Gasteiger partial charge in [0.15, 0.2) is 11.6 Å². The van der Waals surface area contributed by atoms with Crippen molar-refractivity contribution in [3.8, 4) is 57.2 Å². The molecule has 0 aliphatic rings. The van der Waals surface area contributed by atoms with Crippen LogP contribution < -0.4 is 23.4 Å². The predicted molar refractivity (Wildman–Crippen MR) is 312 cm³/mol. The number of aliphatic carboxylic acids is 1. The van der Waals surface area contributed by atoms with Gasteiger partial charge in [-0.3, -0.25) is 4.18 Å². The highest BCUT2D eigenvalue weighted by molar-refractivity contribution is 7.86. The first-order valence-corrected chi connectivity index (χ1v) is 30.8. The number of hydrogen-bond donors (Lipinski definition) is 1. The molecule has 8 rings (SSSR count). The summed E-state index contributed by atoms with van der Waals surface area (Å²) in [5.41, 5.74) is 5.34. The van der Waals surface area contributed by atoms with Gasteiger partial charge in [0, 0.05) is 18.2 Å². The van der Waals surface area contributed by atoms with E-state index in [2.05, 4.69) is 55.4 Å². The average molecular weight is 1180 g/mol. The van der Waals surface area contributed by atoms with Gasteiger partial charge in [-0.25, -0.2) is 24.1 Å². The largest absolute Gasteiger partial charge is 0.543 e. The van der Waals surface area contributed by atoms with Crippen LogP contribution in [-0.4, -0.2) is 91.5 Å². The minimum Gasteiger partial charge on any atom is -0.543 e. The van der Waals surface area contributed by atoms with Gasteiger partial charge in [0.25, 0.3) is 10.1 Å². The minimum absolute atomic E-state index is 0.00782. The van der Waals surface area contributed by atoms with E-state index in [1.807, 2.05) is 31.2 Å². The molecular formula is C60H62Cl2FN5O11SSi. The molecule has 0 fully saturated rings. The van der Waals surface area contributed by atoms with Crippen LogP contribution in [0.5, 0.6) is 28.9 Å². The lowest BCUT2D eigenvalue weighted by Gasteiger charge is -2.36. The molecule has 0 bridgehead atoms. The monoisotopic (exact) mass is 1180 g/mol. The van der Waals surface area contributed by atoms with E-state index in [0.717, 1.165) is 5.56 Å². The molecule has 2 atom stereocenters. The lowest BCUT2D eigenvalue weighted by molar-refractivity contribution is -0.145. The van der Waals surface area contributed by atoms with E-state index in [-0.39, 0.29) is 63.4 Å². The van der Waals surface area contributed by atoms with E-state index in [0.29, 0.717) is 73.5 Å². The summed E-state index contributed by atoms with van der Waals surface area (Å²) in [5.74, 6) is -0.00171. The van der Waals surface area contributed by atoms with Gasteiger partial charge in [0.1, 0.15) is 54.2 Å². The number of para-hydroxylation sites is 1. The Hall–Kier alpha value is -7.39. The molecule has 0 amide bonds. The number of rotatable bonds is 24. The van der Waals surface area contributed by atoms with E-state index >= 15 is 0 Å². The Labute approximate surface area is 481 Å². The zero-order valence-corrected chi connectivity index (χ0v) is 49.6. The molecule has 0 radical (unpaired) electrons. The van der Waals surface area contributed by atoms with E-state index < -0.39 is 49.0 Å². The number of aromatic nitrogens is 5. The number of ether oxygens (including phenoxy) is 5. The second-order valence-corrected chi connectivity index (χ2v) is 27.7. The zero-order valence-electron chi connectivity index (χ0n) is 46.3. The Bertz CT molecular complexity index is 3680. The number of carboxylic acid groups (broad SMARTS) is 1. The lowest BCUT2D eigenvalue weighted by Crippen LogP contribution is -2.43. The number of fused-ring (bicyclic) bond motifs is 1. The summed E-state index contributed by atoms with van der Waals surface area (Å²) < 4.78 is 85.9. The number of hydrogen-bond acceptors (Lipinski definition) is 14. The number of halogens is 3. The van der Waals surface area contributed by atoms with E-state index in [1.165, 1.54) is 36.7 Å². The molecule has 1 unspecified atom stereocenters. The van der Waals surface area contributed by atoms with Crippen LogP contribution >= 0.6 is 23.2 Å². The Balaban J connectivity index is 1.19. The van der Waals surface area contributed by atoms with Crippen molar-refractivity contribution in [1.29, 1.82) is 0 Å². The molecule has 3 aromatic heterocycles. The van der Waals surface area contributed by atoms with Crippen molar-refractivity contribution >= 4 is 58.6 Å². The van der Waals surface area contributed by atoms with Crippen LogP contribution in [0.15, 0.2) is 133 Å². The number of methoxy groups -OCH3 is 1. The maximum atomic E-state index is 14.6. The molecule has 0 aliphatic heterocycles. The van der Waals surface area contributed by atoms with Gasteiger partial charge in [-0.2, -0.15) is 13.4 Å². The van der Waals surface area contributed by atoms with Crippen LogP contribution in [0.1, 0.15) is 48.7 Å². The molecule has 81 heavy (non-hydrogen) atoms. The van der Waals surface area contributed by atoms with E-state index in [1.54, 1.807) is 86.3 Å². The van der Waals surface area contributed by atoms with Crippen LogP contribution in [0, 0.1) is 26.6 Å². The van der Waals surface area contributed by atoms with Crippen LogP contribution in [-0.2, 0) is 36.9 Å². The Kier molecular flexibility index (Phi) is 18.6. The quantitative estimate of drug-likeness (QED) is 0.0260. The van der Waals surface area contributed by atoms with E-state index in [4.69, 9.17) is 60.5 Å². The van der Waals surface area contributed by atoms with Gasteiger partial charge in [-0.15, -0.1) is 6.58 Å². The molecule has 424 valence electrons. The van der Waals surface area contributed by atoms with Crippen molar-refractivity contribution < 1.29 is 55.0 Å². The fraction of sp³-hybridized carbons (Fsp3) is 0.283. The van der Waals surface area contributed by atoms with Gasteiger partial charge in [0.2, 0.25) is 20.3 Å². The van der Waals surface area contributed by atoms with Crippen LogP contribution in [0.4, 0.5) is 4.39 Å². The van der Waals surface area contributed by atoms with Gasteiger partial charge < -0.3 is 37.8 Å². The molecule has 1 N–H and O–H groups in total. The van der Waals surface area contributed by atoms with Crippen LogP contribution in [0.25, 0.3) is 39.4 Å². The Morgan fingerprint density at radius 3 is 2.25 bits per heavy atom. The Morgan fingerprint density at radius 1 is 0.877 bits per heavy atom. The third kappa shape index (κ3) is 13.7. The summed E-state index contributed by atoms with van der Waals surface area (Å²) in [5, 5.41) is 11.0. The second-order valence-electron chi connectivity index (χ2n) is 20.6. The zero-order chi connectivity index (χ0) is 58.4.